The molecule has 0 amide bonds. The van der Waals surface area contributed by atoms with Crippen LogP contribution in [-0.4, -0.2) is 0 Å². The number of alkyl halides is 1. The van der Waals surface area contributed by atoms with Crippen molar-refractivity contribution in [3.63, 3.8) is 0 Å². The average molecular weight is 251 g/mol. The highest BCUT2D eigenvalue weighted by atomic mass is 35.5. The standard InChI is InChI=1S/C14H12Cl2/c1-10(15)11-6-8-12(9-7-11)13-4-2-3-5-14(13)16/h2-10H,1H3. The van der Waals surface area contributed by atoms with Crippen molar-refractivity contribution in [1.82, 2.24) is 0 Å². The Balaban J connectivity index is 2.39. The molecule has 2 heteroatoms. The molecule has 0 aliphatic carbocycles. The first-order valence-electron chi connectivity index (χ1n) is 5.17. The van der Waals surface area contributed by atoms with Crippen LogP contribution >= 0.6 is 23.2 Å². The third-order valence-electron chi connectivity index (χ3n) is 2.55. The molecule has 0 fully saturated rings. The van der Waals surface area contributed by atoms with Crippen LogP contribution in [0.4, 0.5) is 0 Å². The molecule has 0 aromatic heterocycles. The fourth-order valence-electron chi connectivity index (χ4n) is 1.62. The molecule has 0 N–H and O–H groups in total. The van der Waals surface area contributed by atoms with Gasteiger partial charge >= 0.3 is 0 Å². The van der Waals surface area contributed by atoms with Crippen LogP contribution in [-0.2, 0) is 0 Å². The number of benzene rings is 2. The second-order valence-corrected chi connectivity index (χ2v) is 4.78. The minimum Gasteiger partial charge on any atom is -0.118 e. The summed E-state index contributed by atoms with van der Waals surface area (Å²) in [6, 6.07) is 16.0. The number of hydrogen-bond acceptors (Lipinski definition) is 0. The molecule has 0 saturated carbocycles. The van der Waals surface area contributed by atoms with Crippen molar-refractivity contribution in [1.29, 1.82) is 0 Å². The lowest BCUT2D eigenvalue weighted by molar-refractivity contribution is 1.08. The third kappa shape index (κ3) is 2.40. The minimum absolute atomic E-state index is 0.0419. The van der Waals surface area contributed by atoms with Gasteiger partial charge in [0, 0.05) is 10.6 Å². The monoisotopic (exact) mass is 250 g/mol. The van der Waals surface area contributed by atoms with Crippen LogP contribution in [0.3, 0.4) is 0 Å². The van der Waals surface area contributed by atoms with Crippen molar-refractivity contribution >= 4 is 23.2 Å². The molecule has 2 aromatic rings. The van der Waals surface area contributed by atoms with Gasteiger partial charge in [0.05, 0.1) is 5.38 Å². The van der Waals surface area contributed by atoms with Crippen molar-refractivity contribution in [2.45, 2.75) is 12.3 Å². The van der Waals surface area contributed by atoms with Crippen LogP contribution in [0.25, 0.3) is 11.1 Å². The van der Waals surface area contributed by atoms with E-state index in [4.69, 9.17) is 23.2 Å². The second kappa shape index (κ2) is 4.90. The van der Waals surface area contributed by atoms with Gasteiger partial charge in [-0.3, -0.25) is 0 Å². The van der Waals surface area contributed by atoms with Gasteiger partial charge < -0.3 is 0 Å². The van der Waals surface area contributed by atoms with Crippen LogP contribution in [0.5, 0.6) is 0 Å². The van der Waals surface area contributed by atoms with Gasteiger partial charge in [0.15, 0.2) is 0 Å². The third-order valence-corrected chi connectivity index (χ3v) is 3.14. The maximum absolute atomic E-state index is 6.14. The van der Waals surface area contributed by atoms with Crippen molar-refractivity contribution in [2.75, 3.05) is 0 Å². The highest BCUT2D eigenvalue weighted by molar-refractivity contribution is 6.33. The van der Waals surface area contributed by atoms with E-state index in [1.165, 1.54) is 0 Å². The summed E-state index contributed by atoms with van der Waals surface area (Å²) in [5.74, 6) is 0. The second-order valence-electron chi connectivity index (χ2n) is 3.72. The Bertz CT molecular complexity index is 472. The highest BCUT2D eigenvalue weighted by Crippen LogP contribution is 2.29. The molecule has 2 aromatic carbocycles. The van der Waals surface area contributed by atoms with Gasteiger partial charge in [-0.25, -0.2) is 0 Å². The number of hydrogen-bond donors (Lipinski definition) is 0. The van der Waals surface area contributed by atoms with E-state index in [1.807, 2.05) is 43.3 Å². The summed E-state index contributed by atoms with van der Waals surface area (Å²) in [5.41, 5.74) is 3.29. The highest BCUT2D eigenvalue weighted by Gasteiger charge is 2.04. The van der Waals surface area contributed by atoms with Gasteiger partial charge in [-0.1, -0.05) is 54.1 Å². The quantitative estimate of drug-likeness (QED) is 0.634. The van der Waals surface area contributed by atoms with E-state index < -0.39 is 0 Å². The van der Waals surface area contributed by atoms with Crippen molar-refractivity contribution < 1.29 is 0 Å². The lowest BCUT2D eigenvalue weighted by atomic mass is 10.0. The maximum Gasteiger partial charge on any atom is 0.0557 e. The molecule has 0 radical (unpaired) electrons. The summed E-state index contributed by atoms with van der Waals surface area (Å²) >= 11 is 12.1. The Kier molecular flexibility index (Phi) is 3.52. The molecule has 0 aliphatic heterocycles. The largest absolute Gasteiger partial charge is 0.118 e. The average Bonchev–Trinajstić information content (AvgIpc) is 2.30. The van der Waals surface area contributed by atoms with Gasteiger partial charge in [-0.15, -0.1) is 11.6 Å². The predicted octanol–water partition coefficient (Wildman–Crippen LogP) is 5.31. The van der Waals surface area contributed by atoms with Crippen LogP contribution in [0.15, 0.2) is 48.5 Å². The SMILES string of the molecule is CC(Cl)c1ccc(-c2ccccc2Cl)cc1. The maximum atomic E-state index is 6.14. The zero-order valence-electron chi connectivity index (χ0n) is 8.95. The molecule has 0 bridgehead atoms. The summed E-state index contributed by atoms with van der Waals surface area (Å²) in [6.45, 7) is 1.96. The Morgan fingerprint density at radius 3 is 2.12 bits per heavy atom. The first-order valence-corrected chi connectivity index (χ1v) is 5.99. The summed E-state index contributed by atoms with van der Waals surface area (Å²) in [6.07, 6.45) is 0. The van der Waals surface area contributed by atoms with Gasteiger partial charge in [0.1, 0.15) is 0 Å². The fourth-order valence-corrected chi connectivity index (χ4v) is 2.01. The first kappa shape index (κ1) is 11.5. The van der Waals surface area contributed by atoms with E-state index >= 15 is 0 Å². The molecule has 0 spiro atoms. The van der Waals surface area contributed by atoms with Crippen molar-refractivity contribution in [3.05, 3.63) is 59.1 Å². The molecule has 0 saturated heterocycles. The van der Waals surface area contributed by atoms with Crippen molar-refractivity contribution in [3.8, 4) is 11.1 Å². The molecular formula is C14H12Cl2. The summed E-state index contributed by atoms with van der Waals surface area (Å²) < 4.78 is 0. The van der Waals surface area contributed by atoms with E-state index in [0.29, 0.717) is 0 Å². The molecule has 1 unspecified atom stereocenters. The summed E-state index contributed by atoms with van der Waals surface area (Å²) in [5, 5.41) is 0.814. The number of rotatable bonds is 2. The molecule has 0 heterocycles. The van der Waals surface area contributed by atoms with Gasteiger partial charge in [-0.2, -0.15) is 0 Å². The van der Waals surface area contributed by atoms with E-state index in [-0.39, 0.29) is 5.38 Å². The molecular weight excluding hydrogens is 239 g/mol. The zero-order chi connectivity index (χ0) is 11.5. The topological polar surface area (TPSA) is 0 Å². The molecule has 0 aliphatic rings. The minimum atomic E-state index is 0.0419. The Hall–Kier alpha value is -0.980. The molecule has 16 heavy (non-hydrogen) atoms. The molecule has 0 nitrogen and oxygen atoms in total. The van der Waals surface area contributed by atoms with Crippen LogP contribution in [0.1, 0.15) is 17.9 Å². The molecule has 2 rings (SSSR count). The van der Waals surface area contributed by atoms with Crippen LogP contribution in [0, 0.1) is 0 Å². The van der Waals surface area contributed by atoms with E-state index in [9.17, 15) is 0 Å². The normalized spacial score (nSPS) is 12.4. The summed E-state index contributed by atoms with van der Waals surface area (Å²) in [7, 11) is 0. The Morgan fingerprint density at radius 1 is 0.938 bits per heavy atom. The molecule has 82 valence electrons. The van der Waals surface area contributed by atoms with Gasteiger partial charge in [-0.05, 0) is 24.1 Å². The lowest BCUT2D eigenvalue weighted by Crippen LogP contribution is -1.84. The number of halogens is 2. The van der Waals surface area contributed by atoms with Gasteiger partial charge in [0.2, 0.25) is 0 Å². The molecule has 1 atom stereocenters. The smallest absolute Gasteiger partial charge is 0.0557 e. The Labute approximate surface area is 106 Å². The van der Waals surface area contributed by atoms with Crippen LogP contribution < -0.4 is 0 Å². The van der Waals surface area contributed by atoms with E-state index in [1.54, 1.807) is 0 Å². The predicted molar refractivity (Wildman–Crippen MR) is 71.2 cm³/mol. The van der Waals surface area contributed by atoms with Crippen LogP contribution in [0.2, 0.25) is 5.02 Å². The summed E-state index contributed by atoms with van der Waals surface area (Å²) in [4.78, 5) is 0. The fraction of sp³-hybridized carbons (Fsp3) is 0.143. The van der Waals surface area contributed by atoms with Crippen molar-refractivity contribution in [2.24, 2.45) is 0 Å². The zero-order valence-corrected chi connectivity index (χ0v) is 10.5. The lowest BCUT2D eigenvalue weighted by Gasteiger charge is -2.07. The van der Waals surface area contributed by atoms with Gasteiger partial charge in [0.25, 0.3) is 0 Å². The Morgan fingerprint density at radius 2 is 1.56 bits per heavy atom. The van der Waals surface area contributed by atoms with E-state index in [2.05, 4.69) is 12.1 Å². The van der Waals surface area contributed by atoms with E-state index in [0.717, 1.165) is 21.7 Å². The first-order chi connectivity index (χ1) is 7.68.